The number of aromatic amines is 1. The van der Waals surface area contributed by atoms with Gasteiger partial charge in [-0.1, -0.05) is 135 Å². The molecule has 0 bridgehead atoms. The molecule has 6 aromatic carbocycles. The van der Waals surface area contributed by atoms with Gasteiger partial charge in [-0.3, -0.25) is 9.78 Å². The normalized spacial score (nSPS) is 11.7. The lowest BCUT2D eigenvalue weighted by Gasteiger charge is -2.37. The van der Waals surface area contributed by atoms with Crippen molar-refractivity contribution in [3.8, 4) is 33.8 Å². The van der Waals surface area contributed by atoms with Gasteiger partial charge in [-0.25, -0.2) is 14.1 Å². The van der Waals surface area contributed by atoms with Gasteiger partial charge in [0, 0.05) is 29.3 Å². The van der Waals surface area contributed by atoms with E-state index in [0.717, 1.165) is 44.4 Å². The van der Waals surface area contributed by atoms with Crippen molar-refractivity contribution in [1.82, 2.24) is 24.7 Å². The van der Waals surface area contributed by atoms with E-state index in [-0.39, 0.29) is 17.6 Å². The molecular weight excluding hydrogens is 708 g/mol. The van der Waals surface area contributed by atoms with Crippen molar-refractivity contribution in [3.63, 3.8) is 0 Å². The molecule has 0 fully saturated rings. The van der Waals surface area contributed by atoms with Gasteiger partial charge in [0.1, 0.15) is 17.1 Å². The molecule has 0 radical (unpaired) electrons. The number of nitrogens with zero attached hydrogens (tertiary/aromatic N) is 4. The number of imidazole rings is 1. The molecule has 0 unspecified atom stereocenters. The molecule has 0 aliphatic heterocycles. The Hall–Kier alpha value is -7.19. The highest BCUT2D eigenvalue weighted by molar-refractivity contribution is 5.99. The standard InChI is InChI=1S/C49H39FN6O/c1-32(2)26-45(57)52-40-23-13-14-33(28-40)34-24-25-44-41(29-34)47(48-53-43-31-51-30-42(46(43)54-48)35-15-12-22-39(50)27-35)55-56(44)49(36-16-6-3-7-17-36,37-18-8-4-9-19-37)38-20-10-5-11-21-38/h3-25,27-32H,26H2,1-2H3,(H,52,57)(H,53,54). The number of amides is 1. The average Bonchev–Trinajstić information content (AvgIpc) is 3.84. The monoisotopic (exact) mass is 746 g/mol. The maximum atomic E-state index is 14.5. The molecule has 9 rings (SSSR count). The first-order chi connectivity index (χ1) is 27.9. The molecule has 1 amide bonds. The molecule has 57 heavy (non-hydrogen) atoms. The molecule has 3 heterocycles. The number of halogens is 1. The Labute approximate surface area is 329 Å². The average molecular weight is 747 g/mol. The zero-order valence-electron chi connectivity index (χ0n) is 31.5. The second-order valence-electron chi connectivity index (χ2n) is 14.7. The fraction of sp³-hybridized carbons (Fsp3) is 0.102. The molecule has 9 aromatic rings. The summed E-state index contributed by atoms with van der Waals surface area (Å²) in [5, 5.41) is 9.52. The van der Waals surface area contributed by atoms with Crippen LogP contribution in [0.2, 0.25) is 0 Å². The van der Waals surface area contributed by atoms with Gasteiger partial charge < -0.3 is 10.3 Å². The van der Waals surface area contributed by atoms with Crippen LogP contribution in [-0.2, 0) is 10.3 Å². The van der Waals surface area contributed by atoms with Gasteiger partial charge in [-0.15, -0.1) is 0 Å². The lowest BCUT2D eigenvalue weighted by Crippen LogP contribution is -2.38. The van der Waals surface area contributed by atoms with E-state index in [1.807, 2.05) is 62.4 Å². The number of carbonyl (C=O) groups is 1. The highest BCUT2D eigenvalue weighted by Crippen LogP contribution is 2.45. The van der Waals surface area contributed by atoms with Crippen LogP contribution in [0.15, 0.2) is 170 Å². The number of benzene rings is 6. The van der Waals surface area contributed by atoms with E-state index in [4.69, 9.17) is 10.1 Å². The predicted molar refractivity (Wildman–Crippen MR) is 226 cm³/mol. The van der Waals surface area contributed by atoms with Gasteiger partial charge in [0.2, 0.25) is 5.91 Å². The number of rotatable bonds is 10. The Balaban J connectivity index is 1.32. The third kappa shape index (κ3) is 6.55. The fourth-order valence-electron chi connectivity index (χ4n) is 7.90. The number of anilines is 1. The summed E-state index contributed by atoms with van der Waals surface area (Å²) in [5.74, 6) is 0.450. The van der Waals surface area contributed by atoms with Crippen LogP contribution in [0, 0.1) is 11.7 Å². The quantitative estimate of drug-likeness (QED) is 0.136. The number of nitrogens with one attached hydrogen (secondary N) is 2. The summed E-state index contributed by atoms with van der Waals surface area (Å²) in [6.07, 6.45) is 3.90. The highest BCUT2D eigenvalue weighted by Gasteiger charge is 2.41. The minimum atomic E-state index is -0.900. The van der Waals surface area contributed by atoms with E-state index < -0.39 is 5.54 Å². The summed E-state index contributed by atoms with van der Waals surface area (Å²) < 4.78 is 16.6. The fourth-order valence-corrected chi connectivity index (χ4v) is 7.90. The minimum Gasteiger partial charge on any atom is -0.335 e. The van der Waals surface area contributed by atoms with E-state index in [1.165, 1.54) is 12.1 Å². The molecule has 0 aliphatic carbocycles. The predicted octanol–water partition coefficient (Wildman–Crippen LogP) is 11.3. The first-order valence-corrected chi connectivity index (χ1v) is 19.1. The van der Waals surface area contributed by atoms with Gasteiger partial charge in [0.15, 0.2) is 5.82 Å². The molecule has 0 spiro atoms. The number of fused-ring (bicyclic) bond motifs is 2. The summed E-state index contributed by atoms with van der Waals surface area (Å²) >= 11 is 0. The Morgan fingerprint density at radius 2 is 1.35 bits per heavy atom. The number of hydrogen-bond donors (Lipinski definition) is 2. The summed E-state index contributed by atoms with van der Waals surface area (Å²) in [6.45, 7) is 4.07. The minimum absolute atomic E-state index is 0.0165. The summed E-state index contributed by atoms with van der Waals surface area (Å²) in [6, 6.07) is 52.1. The van der Waals surface area contributed by atoms with Crippen molar-refractivity contribution >= 4 is 33.5 Å². The van der Waals surface area contributed by atoms with E-state index in [9.17, 15) is 9.18 Å². The number of pyridine rings is 1. The van der Waals surface area contributed by atoms with Gasteiger partial charge in [0.25, 0.3) is 0 Å². The van der Waals surface area contributed by atoms with Gasteiger partial charge in [0.05, 0.1) is 22.7 Å². The van der Waals surface area contributed by atoms with Crippen molar-refractivity contribution in [2.24, 2.45) is 5.92 Å². The smallest absolute Gasteiger partial charge is 0.224 e. The summed E-state index contributed by atoms with van der Waals surface area (Å²) in [4.78, 5) is 26.0. The Morgan fingerprint density at radius 3 is 2.00 bits per heavy atom. The molecule has 2 N–H and O–H groups in total. The molecule has 0 saturated heterocycles. The van der Waals surface area contributed by atoms with Crippen LogP contribution in [0.3, 0.4) is 0 Å². The van der Waals surface area contributed by atoms with E-state index in [2.05, 4.69) is 111 Å². The van der Waals surface area contributed by atoms with Crippen LogP contribution in [0.25, 0.3) is 55.7 Å². The highest BCUT2D eigenvalue weighted by atomic mass is 19.1. The number of carbonyl (C=O) groups excluding carboxylic acids is 1. The third-order valence-corrected chi connectivity index (χ3v) is 10.4. The Morgan fingerprint density at radius 1 is 0.719 bits per heavy atom. The van der Waals surface area contributed by atoms with Crippen molar-refractivity contribution in [2.75, 3.05) is 5.32 Å². The molecule has 0 atom stereocenters. The molecule has 3 aromatic heterocycles. The SMILES string of the molecule is CC(C)CC(=O)Nc1cccc(-c2ccc3c(c2)c(-c2nc4c(-c5cccc(F)c5)cncc4[nH]2)nn3C(c2ccccc2)(c2ccccc2)c2ccccc2)c1. The van der Waals surface area contributed by atoms with Crippen molar-refractivity contribution in [3.05, 3.63) is 193 Å². The largest absolute Gasteiger partial charge is 0.335 e. The molecular formula is C49H39FN6O. The maximum absolute atomic E-state index is 14.5. The van der Waals surface area contributed by atoms with Crippen molar-refractivity contribution in [2.45, 2.75) is 25.8 Å². The number of H-pyrrole nitrogens is 1. The zero-order chi connectivity index (χ0) is 38.9. The third-order valence-electron chi connectivity index (χ3n) is 10.4. The number of aromatic nitrogens is 5. The second kappa shape index (κ2) is 14.8. The molecule has 0 aliphatic rings. The van der Waals surface area contributed by atoms with Crippen molar-refractivity contribution < 1.29 is 9.18 Å². The van der Waals surface area contributed by atoms with Crippen LogP contribution in [0.5, 0.6) is 0 Å². The first-order valence-electron chi connectivity index (χ1n) is 19.1. The van der Waals surface area contributed by atoms with E-state index in [0.29, 0.717) is 40.1 Å². The lowest BCUT2D eigenvalue weighted by molar-refractivity contribution is -0.116. The van der Waals surface area contributed by atoms with E-state index >= 15 is 0 Å². The van der Waals surface area contributed by atoms with Crippen molar-refractivity contribution in [1.29, 1.82) is 0 Å². The molecule has 0 saturated carbocycles. The zero-order valence-corrected chi connectivity index (χ0v) is 31.5. The molecule has 278 valence electrons. The molecule has 7 nitrogen and oxygen atoms in total. The maximum Gasteiger partial charge on any atom is 0.224 e. The van der Waals surface area contributed by atoms with Gasteiger partial charge >= 0.3 is 0 Å². The van der Waals surface area contributed by atoms with Crippen LogP contribution in [-0.4, -0.2) is 30.6 Å². The van der Waals surface area contributed by atoms with Crippen LogP contribution in [0.1, 0.15) is 37.0 Å². The lowest BCUT2D eigenvalue weighted by atomic mass is 9.77. The Bertz CT molecular complexity index is 2770. The van der Waals surface area contributed by atoms with Gasteiger partial charge in [-0.05, 0) is 75.7 Å². The molecule has 8 heteroatoms. The summed E-state index contributed by atoms with van der Waals surface area (Å²) in [7, 11) is 0. The van der Waals surface area contributed by atoms with E-state index in [1.54, 1.807) is 18.5 Å². The second-order valence-corrected chi connectivity index (χ2v) is 14.7. The topological polar surface area (TPSA) is 88.5 Å². The number of hydrogen-bond acceptors (Lipinski definition) is 4. The first kappa shape index (κ1) is 35.5. The summed E-state index contributed by atoms with van der Waals surface area (Å²) in [5.41, 5.74) is 9.12. The van der Waals surface area contributed by atoms with Gasteiger partial charge in [-0.2, -0.15) is 5.10 Å². The van der Waals surface area contributed by atoms with Crippen LogP contribution >= 0.6 is 0 Å². The van der Waals surface area contributed by atoms with Crippen LogP contribution in [0.4, 0.5) is 10.1 Å². The van der Waals surface area contributed by atoms with Crippen LogP contribution < -0.4 is 5.32 Å². The Kier molecular flexibility index (Phi) is 9.22.